The van der Waals surface area contributed by atoms with Crippen molar-refractivity contribution in [3.63, 3.8) is 0 Å². The van der Waals surface area contributed by atoms with Crippen LogP contribution < -0.4 is 18.9 Å². The summed E-state index contributed by atoms with van der Waals surface area (Å²) in [5.41, 5.74) is 8.95. The monoisotopic (exact) mass is 888 g/mol. The fourth-order valence-corrected chi connectivity index (χ4v) is 9.50. The predicted molar refractivity (Wildman–Crippen MR) is 274 cm³/mol. The first-order valence-corrected chi connectivity index (χ1v) is 22.5. The third-order valence-electron chi connectivity index (χ3n) is 12.8. The van der Waals surface area contributed by atoms with Gasteiger partial charge in [0.1, 0.15) is 69.3 Å². The summed E-state index contributed by atoms with van der Waals surface area (Å²) in [5.74, 6) is 4.03. The van der Waals surface area contributed by atoms with Crippen molar-refractivity contribution >= 4 is 33.7 Å². The first-order valence-electron chi connectivity index (χ1n) is 22.5. The molecule has 0 aliphatic heterocycles. The van der Waals surface area contributed by atoms with Crippen molar-refractivity contribution in [2.24, 2.45) is 0 Å². The van der Waals surface area contributed by atoms with Crippen molar-refractivity contribution < 1.29 is 18.9 Å². The number of fused-ring (bicyclic) bond motifs is 5. The fourth-order valence-electron chi connectivity index (χ4n) is 9.50. The van der Waals surface area contributed by atoms with Crippen LogP contribution in [0.1, 0.15) is 44.5 Å². The zero-order valence-corrected chi connectivity index (χ0v) is 37.2. The fraction of sp³-hybridized carbons (Fsp3) is 0.0159. The standard InChI is InChI=1S/C63H40N2O4/c1-3-41-19-29-49(30-20-41)66-59-15-9-17-61(55(59)39-64)68-51-33-25-43-35-47(27-23-45(43)37-51)63(57-13-7-5-11-53(57)54-12-6-8-14-58(54)63)48-28-24-46-38-52(34-26-44(46)36-48)69-62-18-10-16-60(56(62)40-65)67-50-31-21-42(4-2)22-32-50/h3-38H,1-2H2. The molecule has 0 amide bonds. The highest BCUT2D eigenvalue weighted by Gasteiger charge is 2.46. The molecule has 0 N–H and O–H groups in total. The van der Waals surface area contributed by atoms with Crippen LogP contribution in [0.3, 0.4) is 0 Å². The Bertz CT molecular complexity index is 3500. The summed E-state index contributed by atoms with van der Waals surface area (Å²) in [6.07, 6.45) is 3.54. The third kappa shape index (κ3) is 7.59. The van der Waals surface area contributed by atoms with E-state index >= 15 is 0 Å². The summed E-state index contributed by atoms with van der Waals surface area (Å²) < 4.78 is 25.1. The maximum atomic E-state index is 10.3. The van der Waals surface area contributed by atoms with Gasteiger partial charge < -0.3 is 18.9 Å². The number of nitriles is 2. The van der Waals surface area contributed by atoms with E-state index in [0.717, 1.165) is 43.8 Å². The summed E-state index contributed by atoms with van der Waals surface area (Å²) in [5, 5.41) is 24.6. The molecule has 10 aromatic carbocycles. The van der Waals surface area contributed by atoms with Crippen molar-refractivity contribution in [2.45, 2.75) is 5.41 Å². The molecule has 0 heterocycles. The van der Waals surface area contributed by atoms with Gasteiger partial charge in [-0.05, 0) is 151 Å². The Morgan fingerprint density at radius 3 is 1.10 bits per heavy atom. The highest BCUT2D eigenvalue weighted by Crippen LogP contribution is 2.56. The van der Waals surface area contributed by atoms with Gasteiger partial charge in [-0.3, -0.25) is 0 Å². The molecule has 0 fully saturated rings. The molecule has 11 rings (SSSR count). The average molecular weight is 889 g/mol. The molecule has 6 heteroatoms. The summed E-state index contributed by atoms with van der Waals surface area (Å²) >= 11 is 0. The number of nitrogens with zero attached hydrogens (tertiary/aromatic N) is 2. The van der Waals surface area contributed by atoms with Crippen molar-refractivity contribution in [3.8, 4) is 69.3 Å². The van der Waals surface area contributed by atoms with Crippen molar-refractivity contribution in [1.29, 1.82) is 10.5 Å². The second-order valence-corrected chi connectivity index (χ2v) is 16.7. The molecule has 6 nitrogen and oxygen atoms in total. The lowest BCUT2D eigenvalue weighted by atomic mass is 9.67. The van der Waals surface area contributed by atoms with Gasteiger partial charge in [0.15, 0.2) is 0 Å². The predicted octanol–water partition coefficient (Wildman–Crippen LogP) is 16.6. The van der Waals surface area contributed by atoms with Crippen LogP contribution >= 0.6 is 0 Å². The summed E-state index contributed by atoms with van der Waals surface area (Å²) in [4.78, 5) is 0. The molecule has 326 valence electrons. The highest BCUT2D eigenvalue weighted by molar-refractivity contribution is 5.92. The molecular formula is C63H40N2O4. The van der Waals surface area contributed by atoms with E-state index in [9.17, 15) is 10.5 Å². The molecule has 0 unspecified atom stereocenters. The van der Waals surface area contributed by atoms with Crippen LogP contribution in [-0.4, -0.2) is 0 Å². The average Bonchev–Trinajstić information content (AvgIpc) is 3.70. The highest BCUT2D eigenvalue weighted by atomic mass is 16.5. The zero-order valence-electron chi connectivity index (χ0n) is 37.2. The molecule has 0 radical (unpaired) electrons. The van der Waals surface area contributed by atoms with Crippen LogP contribution in [-0.2, 0) is 5.41 Å². The van der Waals surface area contributed by atoms with Gasteiger partial charge >= 0.3 is 0 Å². The summed E-state index contributed by atoms with van der Waals surface area (Å²) in [6, 6.07) is 73.1. The molecule has 0 saturated heterocycles. The smallest absolute Gasteiger partial charge is 0.149 e. The Balaban J connectivity index is 0.937. The molecule has 69 heavy (non-hydrogen) atoms. The van der Waals surface area contributed by atoms with Crippen molar-refractivity contribution in [2.75, 3.05) is 0 Å². The van der Waals surface area contributed by atoms with Gasteiger partial charge in [-0.25, -0.2) is 0 Å². The Hall–Kier alpha value is -9.62. The largest absolute Gasteiger partial charge is 0.456 e. The molecule has 0 spiro atoms. The van der Waals surface area contributed by atoms with Gasteiger partial charge in [-0.2, -0.15) is 10.5 Å². The number of rotatable bonds is 12. The molecule has 1 aliphatic rings. The Labute approximate surface area is 400 Å². The lowest BCUT2D eigenvalue weighted by molar-refractivity contribution is 0.457. The van der Waals surface area contributed by atoms with E-state index in [2.05, 4.69) is 122 Å². The SMILES string of the molecule is C=Cc1ccc(Oc2cccc(Oc3ccc4cc(C5(c6ccc7cc(Oc8cccc(Oc9ccc(C=C)cc9)c8C#N)ccc7c6)c6ccccc6-c6ccccc65)ccc4c3)c2C#N)cc1. The minimum Gasteiger partial charge on any atom is -0.456 e. The Morgan fingerprint density at radius 1 is 0.362 bits per heavy atom. The first-order chi connectivity index (χ1) is 33.9. The number of hydrogen-bond donors (Lipinski definition) is 0. The van der Waals surface area contributed by atoms with Crippen LogP contribution in [0.2, 0.25) is 0 Å². The lowest BCUT2D eigenvalue weighted by Crippen LogP contribution is -2.28. The molecule has 0 aromatic heterocycles. The number of ether oxygens (including phenoxy) is 4. The van der Waals surface area contributed by atoms with Gasteiger partial charge in [-0.1, -0.05) is 147 Å². The maximum Gasteiger partial charge on any atom is 0.149 e. The molecule has 0 saturated carbocycles. The van der Waals surface area contributed by atoms with E-state index in [0.29, 0.717) is 57.1 Å². The Kier molecular flexibility index (Phi) is 10.7. The second-order valence-electron chi connectivity index (χ2n) is 16.7. The first kappa shape index (κ1) is 42.0. The zero-order chi connectivity index (χ0) is 46.9. The van der Waals surface area contributed by atoms with Crippen LogP contribution in [0.25, 0.3) is 44.8 Å². The topological polar surface area (TPSA) is 84.5 Å². The van der Waals surface area contributed by atoms with Gasteiger partial charge in [0.2, 0.25) is 0 Å². The molecular weight excluding hydrogens is 849 g/mol. The van der Waals surface area contributed by atoms with Gasteiger partial charge in [0, 0.05) is 0 Å². The number of benzene rings is 10. The van der Waals surface area contributed by atoms with E-state index < -0.39 is 5.41 Å². The number of hydrogen-bond acceptors (Lipinski definition) is 6. The molecule has 0 atom stereocenters. The minimum atomic E-state index is -0.651. The normalized spacial score (nSPS) is 12.0. The van der Waals surface area contributed by atoms with Crippen LogP contribution in [0.15, 0.2) is 219 Å². The maximum absolute atomic E-state index is 10.3. The van der Waals surface area contributed by atoms with E-state index in [4.69, 9.17) is 18.9 Å². The van der Waals surface area contributed by atoms with E-state index in [1.165, 1.54) is 22.3 Å². The lowest BCUT2D eigenvalue weighted by Gasteiger charge is -2.34. The van der Waals surface area contributed by atoms with Gasteiger partial charge in [0.25, 0.3) is 0 Å². The minimum absolute atomic E-state index is 0.302. The quantitative estimate of drug-likeness (QED) is 0.121. The van der Waals surface area contributed by atoms with Crippen LogP contribution in [0.4, 0.5) is 0 Å². The van der Waals surface area contributed by atoms with Crippen molar-refractivity contribution in [1.82, 2.24) is 0 Å². The van der Waals surface area contributed by atoms with Crippen LogP contribution in [0, 0.1) is 22.7 Å². The van der Waals surface area contributed by atoms with Crippen LogP contribution in [0.5, 0.6) is 46.0 Å². The van der Waals surface area contributed by atoms with E-state index in [1.54, 1.807) is 36.4 Å². The second kappa shape index (κ2) is 17.6. The van der Waals surface area contributed by atoms with Crippen molar-refractivity contribution in [3.05, 3.63) is 264 Å². The third-order valence-corrected chi connectivity index (χ3v) is 12.8. The van der Waals surface area contributed by atoms with E-state index in [1.807, 2.05) is 84.9 Å². The Morgan fingerprint density at radius 2 is 0.710 bits per heavy atom. The van der Waals surface area contributed by atoms with E-state index in [-0.39, 0.29) is 0 Å². The molecule has 1 aliphatic carbocycles. The van der Waals surface area contributed by atoms with Gasteiger partial charge in [-0.15, -0.1) is 0 Å². The summed E-state index contributed by atoms with van der Waals surface area (Å²) in [7, 11) is 0. The molecule has 10 aromatic rings. The van der Waals surface area contributed by atoms with Gasteiger partial charge in [0.05, 0.1) is 5.41 Å². The molecule has 0 bridgehead atoms. The summed E-state index contributed by atoms with van der Waals surface area (Å²) in [6.45, 7) is 7.64.